The summed E-state index contributed by atoms with van der Waals surface area (Å²) in [6, 6.07) is 25.7. The highest BCUT2D eigenvalue weighted by Crippen LogP contribution is 2.42. The average Bonchev–Trinajstić information content (AvgIpc) is 2.76. The fourth-order valence-corrected chi connectivity index (χ4v) is 3.91. The third kappa shape index (κ3) is 4.94. The normalized spacial score (nSPS) is 13.7. The van der Waals surface area contributed by atoms with Gasteiger partial charge in [0, 0.05) is 23.0 Å². The first-order valence-electron chi connectivity index (χ1n) is 10.8. The lowest BCUT2D eigenvalue weighted by Gasteiger charge is -2.28. The maximum Gasteiger partial charge on any atom is 0.127 e. The van der Waals surface area contributed by atoms with Crippen molar-refractivity contribution in [1.82, 2.24) is 0 Å². The van der Waals surface area contributed by atoms with Crippen LogP contribution in [0.25, 0.3) is 0 Å². The molecule has 0 heterocycles. The third-order valence-corrected chi connectivity index (χ3v) is 5.88. The van der Waals surface area contributed by atoms with Gasteiger partial charge in [-0.05, 0) is 22.1 Å². The van der Waals surface area contributed by atoms with Crippen LogP contribution in [0.3, 0.4) is 0 Å². The van der Waals surface area contributed by atoms with E-state index in [0.29, 0.717) is 0 Å². The van der Waals surface area contributed by atoms with E-state index in [4.69, 9.17) is 4.74 Å². The van der Waals surface area contributed by atoms with Crippen molar-refractivity contribution in [1.29, 1.82) is 0 Å². The van der Waals surface area contributed by atoms with E-state index in [1.165, 1.54) is 27.8 Å². The lowest BCUT2D eigenvalue weighted by molar-refractivity contribution is 0.198. The average molecular weight is 403 g/mol. The zero-order valence-corrected chi connectivity index (χ0v) is 18.9. The van der Waals surface area contributed by atoms with E-state index in [9.17, 15) is 5.11 Å². The second-order valence-corrected chi connectivity index (χ2v) is 9.07. The van der Waals surface area contributed by atoms with Gasteiger partial charge in [0.05, 0.1) is 6.61 Å². The molecular weight excluding hydrogens is 368 g/mol. The van der Waals surface area contributed by atoms with E-state index in [1.54, 1.807) is 0 Å². The van der Waals surface area contributed by atoms with E-state index in [1.807, 2.05) is 12.1 Å². The lowest BCUT2D eigenvalue weighted by Crippen LogP contribution is -2.16. The lowest BCUT2D eigenvalue weighted by atomic mass is 9.79. The van der Waals surface area contributed by atoms with Crippen molar-refractivity contribution in [2.24, 2.45) is 0 Å². The summed E-state index contributed by atoms with van der Waals surface area (Å²) in [5.41, 5.74) is 6.20. The molecule has 0 radical (unpaired) electrons. The Morgan fingerprint density at radius 2 is 1.20 bits per heavy atom. The van der Waals surface area contributed by atoms with Crippen LogP contribution in [0.15, 0.2) is 72.8 Å². The van der Waals surface area contributed by atoms with Crippen molar-refractivity contribution in [2.45, 2.75) is 51.9 Å². The van der Waals surface area contributed by atoms with E-state index in [-0.39, 0.29) is 30.5 Å². The van der Waals surface area contributed by atoms with Crippen LogP contribution < -0.4 is 4.74 Å². The zero-order chi connectivity index (χ0) is 21.7. The van der Waals surface area contributed by atoms with Crippen LogP contribution in [0.5, 0.6) is 5.75 Å². The zero-order valence-electron chi connectivity index (χ0n) is 18.9. The Hall–Kier alpha value is -2.58. The summed E-state index contributed by atoms with van der Waals surface area (Å²) in [4.78, 5) is 0. The number of hydrogen-bond donors (Lipinski definition) is 1. The molecule has 2 nitrogen and oxygen atoms in total. The Labute approximate surface area is 181 Å². The monoisotopic (exact) mass is 402 g/mol. The molecule has 3 rings (SSSR count). The quantitative estimate of drug-likeness (QED) is 0.479. The molecule has 158 valence electrons. The van der Waals surface area contributed by atoms with Crippen LogP contribution in [-0.4, -0.2) is 18.3 Å². The Kier molecular flexibility index (Phi) is 6.99. The molecular formula is C28H34O2. The molecule has 0 aromatic heterocycles. The topological polar surface area (TPSA) is 29.5 Å². The summed E-state index contributed by atoms with van der Waals surface area (Å²) in [5, 5.41) is 9.48. The molecule has 3 aromatic carbocycles. The van der Waals surface area contributed by atoms with Gasteiger partial charge in [-0.15, -0.1) is 0 Å². The Morgan fingerprint density at radius 3 is 1.57 bits per heavy atom. The number of hydrogen-bond acceptors (Lipinski definition) is 2. The molecule has 1 N–H and O–H groups in total. The second-order valence-electron chi connectivity index (χ2n) is 9.07. The molecule has 0 aliphatic carbocycles. The molecule has 0 bridgehead atoms. The molecule has 0 aliphatic rings. The SMILES string of the molecule is CC(c1ccccc1)c1cc(C(C)(C)C)cc(C(C)c2ccccc2)c1OCCO. The smallest absolute Gasteiger partial charge is 0.127 e. The fraction of sp³-hybridized carbons (Fsp3) is 0.357. The van der Waals surface area contributed by atoms with Crippen LogP contribution >= 0.6 is 0 Å². The van der Waals surface area contributed by atoms with Crippen molar-refractivity contribution in [3.63, 3.8) is 0 Å². The second kappa shape index (κ2) is 9.49. The minimum absolute atomic E-state index is 0.000657. The Bertz CT molecular complexity index is 873. The van der Waals surface area contributed by atoms with Gasteiger partial charge < -0.3 is 9.84 Å². The highest BCUT2D eigenvalue weighted by molar-refractivity contribution is 5.54. The van der Waals surface area contributed by atoms with Crippen molar-refractivity contribution >= 4 is 0 Å². The van der Waals surface area contributed by atoms with Crippen LogP contribution in [0.2, 0.25) is 0 Å². The summed E-state index contributed by atoms with van der Waals surface area (Å²) < 4.78 is 6.22. The third-order valence-electron chi connectivity index (χ3n) is 5.88. The number of aliphatic hydroxyl groups is 1. The van der Waals surface area contributed by atoms with Gasteiger partial charge in [-0.1, -0.05) is 107 Å². The molecule has 2 atom stereocenters. The maximum absolute atomic E-state index is 9.48. The van der Waals surface area contributed by atoms with E-state index >= 15 is 0 Å². The largest absolute Gasteiger partial charge is 0.491 e. The molecule has 0 spiro atoms. The van der Waals surface area contributed by atoms with Gasteiger partial charge in [0.1, 0.15) is 12.4 Å². The van der Waals surface area contributed by atoms with Gasteiger partial charge >= 0.3 is 0 Å². The maximum atomic E-state index is 9.48. The summed E-state index contributed by atoms with van der Waals surface area (Å²) in [5.74, 6) is 1.28. The minimum Gasteiger partial charge on any atom is -0.491 e. The summed E-state index contributed by atoms with van der Waals surface area (Å²) in [6.07, 6.45) is 0. The Morgan fingerprint density at radius 1 is 0.767 bits per heavy atom. The molecule has 3 aromatic rings. The number of ether oxygens (including phenoxy) is 1. The molecule has 0 saturated heterocycles. The molecule has 30 heavy (non-hydrogen) atoms. The predicted octanol–water partition coefficient (Wildman–Crippen LogP) is 6.66. The first-order valence-corrected chi connectivity index (χ1v) is 10.8. The van der Waals surface area contributed by atoms with Crippen LogP contribution in [0.4, 0.5) is 0 Å². The van der Waals surface area contributed by atoms with Gasteiger partial charge in [0.2, 0.25) is 0 Å². The number of rotatable bonds is 7. The van der Waals surface area contributed by atoms with Gasteiger partial charge in [0.15, 0.2) is 0 Å². The highest BCUT2D eigenvalue weighted by atomic mass is 16.5. The minimum atomic E-state index is -0.000657. The highest BCUT2D eigenvalue weighted by Gasteiger charge is 2.26. The first kappa shape index (κ1) is 22.1. The summed E-state index contributed by atoms with van der Waals surface area (Å²) >= 11 is 0. The van der Waals surface area contributed by atoms with E-state index < -0.39 is 0 Å². The van der Waals surface area contributed by atoms with Crippen molar-refractivity contribution in [3.05, 3.63) is 101 Å². The van der Waals surface area contributed by atoms with Crippen molar-refractivity contribution < 1.29 is 9.84 Å². The van der Waals surface area contributed by atoms with E-state index in [2.05, 4.69) is 95.3 Å². The first-order chi connectivity index (χ1) is 14.3. The molecule has 2 unspecified atom stereocenters. The van der Waals surface area contributed by atoms with Crippen LogP contribution in [-0.2, 0) is 5.41 Å². The van der Waals surface area contributed by atoms with Crippen LogP contribution in [0.1, 0.15) is 74.3 Å². The van der Waals surface area contributed by atoms with Gasteiger partial charge in [-0.2, -0.15) is 0 Å². The van der Waals surface area contributed by atoms with Crippen molar-refractivity contribution in [2.75, 3.05) is 13.2 Å². The number of aliphatic hydroxyl groups excluding tert-OH is 1. The predicted molar refractivity (Wildman–Crippen MR) is 126 cm³/mol. The summed E-state index contributed by atoms with van der Waals surface area (Å²) in [7, 11) is 0. The molecule has 0 saturated carbocycles. The van der Waals surface area contributed by atoms with E-state index in [0.717, 1.165) is 5.75 Å². The molecule has 0 fully saturated rings. The van der Waals surface area contributed by atoms with Gasteiger partial charge in [-0.3, -0.25) is 0 Å². The standard InChI is InChI=1S/C28H34O2/c1-20(22-12-8-6-9-13-22)25-18-24(28(3,4)5)19-26(27(25)30-17-16-29)21(2)23-14-10-7-11-15-23/h6-15,18-21,29H,16-17H2,1-5H3. The van der Waals surface area contributed by atoms with Crippen LogP contribution in [0, 0.1) is 0 Å². The molecule has 0 amide bonds. The fourth-order valence-electron chi connectivity index (χ4n) is 3.91. The number of benzene rings is 3. The van der Waals surface area contributed by atoms with Crippen molar-refractivity contribution in [3.8, 4) is 5.75 Å². The summed E-state index contributed by atoms with van der Waals surface area (Å²) in [6.45, 7) is 11.5. The van der Waals surface area contributed by atoms with Gasteiger partial charge in [-0.25, -0.2) is 0 Å². The van der Waals surface area contributed by atoms with Gasteiger partial charge in [0.25, 0.3) is 0 Å². The molecule has 0 aliphatic heterocycles. The Balaban J connectivity index is 2.23. The molecule has 2 heteroatoms.